The minimum Gasteiger partial charge on any atom is -0.392 e. The van der Waals surface area contributed by atoms with E-state index in [9.17, 15) is 27.1 Å². The highest BCUT2D eigenvalue weighted by atomic mass is 19.4. The smallest absolute Gasteiger partial charge is 0.392 e. The zero-order valence-corrected chi connectivity index (χ0v) is 10.1. The summed E-state index contributed by atoms with van der Waals surface area (Å²) in [4.78, 5) is 0. The largest absolute Gasteiger partial charge is 0.408 e. The summed E-state index contributed by atoms with van der Waals surface area (Å²) in [5.74, 6) is -2.55. The molecule has 19 heavy (non-hydrogen) atoms. The van der Waals surface area contributed by atoms with Crippen LogP contribution >= 0.6 is 0 Å². The molecule has 1 unspecified atom stereocenters. The van der Waals surface area contributed by atoms with E-state index in [1.54, 1.807) is 6.92 Å². The van der Waals surface area contributed by atoms with E-state index in [0.29, 0.717) is 0 Å². The minimum atomic E-state index is -4.86. The highest BCUT2D eigenvalue weighted by Crippen LogP contribution is 2.35. The van der Waals surface area contributed by atoms with Gasteiger partial charge in [0.1, 0.15) is 17.7 Å². The van der Waals surface area contributed by atoms with Gasteiger partial charge in [0, 0.05) is 12.1 Å². The van der Waals surface area contributed by atoms with Crippen molar-refractivity contribution in [1.29, 1.82) is 0 Å². The van der Waals surface area contributed by atoms with Crippen LogP contribution in [0.3, 0.4) is 0 Å². The Bertz CT molecular complexity index is 401. The number of hydrogen-bond donors (Lipinski definition) is 2. The first-order valence-corrected chi connectivity index (χ1v) is 5.69. The lowest BCUT2D eigenvalue weighted by molar-refractivity contribution is -0.160. The van der Waals surface area contributed by atoms with Gasteiger partial charge in [-0.25, -0.2) is 8.78 Å². The molecule has 0 bridgehead atoms. The second-order valence-corrected chi connectivity index (χ2v) is 4.08. The summed E-state index contributed by atoms with van der Waals surface area (Å²) < 4.78 is 65.3. The zero-order chi connectivity index (χ0) is 14.6. The number of aliphatic hydroxyl groups is 1. The van der Waals surface area contributed by atoms with Crippen LogP contribution < -0.4 is 5.32 Å². The summed E-state index contributed by atoms with van der Waals surface area (Å²) in [7, 11) is 0. The minimum absolute atomic E-state index is 0.233. The first kappa shape index (κ1) is 15.8. The van der Waals surface area contributed by atoms with Crippen molar-refractivity contribution in [2.45, 2.75) is 31.7 Å². The maximum Gasteiger partial charge on any atom is 0.408 e. The lowest BCUT2D eigenvalue weighted by Gasteiger charge is -2.24. The highest BCUT2D eigenvalue weighted by molar-refractivity contribution is 5.24. The Morgan fingerprint density at radius 3 is 2.16 bits per heavy atom. The summed E-state index contributed by atoms with van der Waals surface area (Å²) in [5, 5.41) is 11.2. The molecule has 1 aromatic carbocycles. The summed E-state index contributed by atoms with van der Waals surface area (Å²) in [6, 6.07) is 0.0158. The number of halogens is 5. The van der Waals surface area contributed by atoms with E-state index in [2.05, 4.69) is 0 Å². The van der Waals surface area contributed by atoms with Crippen molar-refractivity contribution in [1.82, 2.24) is 5.32 Å². The maximum atomic E-state index is 13.4. The monoisotopic (exact) mass is 283 g/mol. The van der Waals surface area contributed by atoms with Gasteiger partial charge in [0.25, 0.3) is 0 Å². The Morgan fingerprint density at radius 1 is 1.21 bits per heavy atom. The van der Waals surface area contributed by atoms with E-state index in [0.717, 1.165) is 18.2 Å². The van der Waals surface area contributed by atoms with Crippen LogP contribution in [0, 0.1) is 11.6 Å². The number of rotatable bonds is 5. The SMILES string of the molecule is CC[C@@H](O)CNC(c1c(F)cccc1F)C(F)(F)F. The van der Waals surface area contributed by atoms with Crippen LogP contribution in [0.4, 0.5) is 22.0 Å². The maximum absolute atomic E-state index is 13.4. The Hall–Kier alpha value is -1.21. The average molecular weight is 283 g/mol. The molecule has 2 atom stereocenters. The van der Waals surface area contributed by atoms with Crippen LogP contribution in [0.5, 0.6) is 0 Å². The van der Waals surface area contributed by atoms with Crippen molar-refractivity contribution in [2.75, 3.05) is 6.54 Å². The predicted octanol–water partition coefficient (Wildman–Crippen LogP) is 2.93. The van der Waals surface area contributed by atoms with Gasteiger partial charge in [0.2, 0.25) is 0 Å². The lowest BCUT2D eigenvalue weighted by Crippen LogP contribution is -2.39. The number of benzene rings is 1. The van der Waals surface area contributed by atoms with Crippen molar-refractivity contribution in [3.05, 3.63) is 35.4 Å². The van der Waals surface area contributed by atoms with Crippen LogP contribution in [-0.4, -0.2) is 23.9 Å². The lowest BCUT2D eigenvalue weighted by atomic mass is 10.0. The fourth-order valence-corrected chi connectivity index (χ4v) is 1.57. The third-order valence-electron chi connectivity index (χ3n) is 2.64. The molecule has 0 aliphatic carbocycles. The summed E-state index contributed by atoms with van der Waals surface area (Å²) in [6.07, 6.45) is -5.65. The normalized spacial score (nSPS) is 15.3. The Balaban J connectivity index is 3.04. The highest BCUT2D eigenvalue weighted by Gasteiger charge is 2.43. The van der Waals surface area contributed by atoms with Crippen LogP contribution in [0.25, 0.3) is 0 Å². The molecule has 0 radical (unpaired) electrons. The van der Waals surface area contributed by atoms with Gasteiger partial charge >= 0.3 is 6.18 Å². The molecule has 0 spiro atoms. The Labute approximate surface area is 107 Å². The summed E-state index contributed by atoms with van der Waals surface area (Å²) >= 11 is 0. The van der Waals surface area contributed by atoms with Gasteiger partial charge in [0.05, 0.1) is 6.10 Å². The molecule has 7 heteroatoms. The molecule has 0 heterocycles. The van der Waals surface area contributed by atoms with Crippen molar-refractivity contribution < 1.29 is 27.1 Å². The van der Waals surface area contributed by atoms with E-state index in [1.807, 2.05) is 5.32 Å². The Kier molecular flexibility index (Phi) is 5.25. The molecule has 0 saturated carbocycles. The second-order valence-electron chi connectivity index (χ2n) is 4.08. The molecule has 0 saturated heterocycles. The van der Waals surface area contributed by atoms with E-state index < -0.39 is 42.1 Å². The summed E-state index contributed by atoms with van der Waals surface area (Å²) in [6.45, 7) is 1.17. The van der Waals surface area contributed by atoms with Crippen molar-refractivity contribution in [3.8, 4) is 0 Å². The van der Waals surface area contributed by atoms with Gasteiger partial charge in [0.15, 0.2) is 0 Å². The molecule has 0 aliphatic heterocycles. The predicted molar refractivity (Wildman–Crippen MR) is 59.5 cm³/mol. The van der Waals surface area contributed by atoms with Gasteiger partial charge in [-0.1, -0.05) is 13.0 Å². The van der Waals surface area contributed by atoms with Crippen LogP contribution in [0.1, 0.15) is 24.9 Å². The molecule has 2 N–H and O–H groups in total. The second kappa shape index (κ2) is 6.29. The molecule has 0 fully saturated rings. The van der Waals surface area contributed by atoms with Crippen LogP contribution in [-0.2, 0) is 0 Å². The summed E-state index contributed by atoms with van der Waals surface area (Å²) in [5.41, 5.74) is -1.08. The van der Waals surface area contributed by atoms with E-state index >= 15 is 0 Å². The number of nitrogens with one attached hydrogen (secondary N) is 1. The molecule has 108 valence electrons. The quantitative estimate of drug-likeness (QED) is 0.814. The number of hydrogen-bond acceptors (Lipinski definition) is 2. The third kappa shape index (κ3) is 4.14. The van der Waals surface area contributed by atoms with Crippen LogP contribution in [0.2, 0.25) is 0 Å². The zero-order valence-electron chi connectivity index (χ0n) is 10.1. The molecular formula is C12H14F5NO. The van der Waals surface area contributed by atoms with Gasteiger partial charge in [-0.2, -0.15) is 13.2 Å². The molecular weight excluding hydrogens is 269 g/mol. The molecule has 0 aliphatic rings. The molecule has 0 aromatic heterocycles. The van der Waals surface area contributed by atoms with Crippen molar-refractivity contribution in [2.24, 2.45) is 0 Å². The first-order chi connectivity index (χ1) is 8.77. The average Bonchev–Trinajstić information content (AvgIpc) is 2.30. The number of alkyl halides is 3. The van der Waals surface area contributed by atoms with Crippen molar-refractivity contribution in [3.63, 3.8) is 0 Å². The van der Waals surface area contributed by atoms with Gasteiger partial charge < -0.3 is 5.11 Å². The first-order valence-electron chi connectivity index (χ1n) is 5.69. The molecule has 1 rings (SSSR count). The molecule has 0 amide bonds. The van der Waals surface area contributed by atoms with Gasteiger partial charge in [-0.05, 0) is 18.6 Å². The standard InChI is InChI=1S/C12H14F5NO/c1-2-7(19)6-18-11(12(15,16)17)10-8(13)4-3-5-9(10)14/h3-5,7,11,18-19H,2,6H2,1H3/t7-,11?/m1/s1. The fourth-order valence-electron chi connectivity index (χ4n) is 1.57. The van der Waals surface area contributed by atoms with E-state index in [4.69, 9.17) is 0 Å². The molecule has 1 aromatic rings. The molecule has 2 nitrogen and oxygen atoms in total. The Morgan fingerprint density at radius 2 is 1.74 bits per heavy atom. The van der Waals surface area contributed by atoms with Gasteiger partial charge in [-0.3, -0.25) is 5.32 Å². The van der Waals surface area contributed by atoms with Crippen LogP contribution in [0.15, 0.2) is 18.2 Å². The fraction of sp³-hybridized carbons (Fsp3) is 0.500. The van der Waals surface area contributed by atoms with E-state index in [1.165, 1.54) is 0 Å². The van der Waals surface area contributed by atoms with Crippen molar-refractivity contribution >= 4 is 0 Å². The third-order valence-corrected chi connectivity index (χ3v) is 2.64. The number of aliphatic hydroxyl groups excluding tert-OH is 1. The van der Waals surface area contributed by atoms with E-state index in [-0.39, 0.29) is 6.42 Å². The van der Waals surface area contributed by atoms with Gasteiger partial charge in [-0.15, -0.1) is 0 Å². The topological polar surface area (TPSA) is 32.3 Å².